The summed E-state index contributed by atoms with van der Waals surface area (Å²) in [6.07, 6.45) is 0.181. The van der Waals surface area contributed by atoms with Gasteiger partial charge in [-0.05, 0) is 32.9 Å². The molecule has 0 fully saturated rings. The lowest BCUT2D eigenvalue weighted by Gasteiger charge is -2.20. The molecule has 0 atom stereocenters. The van der Waals surface area contributed by atoms with Crippen molar-refractivity contribution in [2.24, 2.45) is 5.41 Å². The molecule has 0 heterocycles. The molecule has 0 spiro atoms. The standard InChI is InChI=1S/C15H20O4/c1-4-18-14(17)15(2,3)13(16)10-11-19-12-8-6-5-7-9-12/h5-9H,4,10-11H2,1-3H3. The molecule has 0 aliphatic rings. The van der Waals surface area contributed by atoms with Crippen molar-refractivity contribution in [1.82, 2.24) is 0 Å². The van der Waals surface area contributed by atoms with Gasteiger partial charge < -0.3 is 9.47 Å². The van der Waals surface area contributed by atoms with Crippen LogP contribution in [0.25, 0.3) is 0 Å². The predicted octanol–water partition coefficient (Wildman–Crippen LogP) is 2.61. The molecular formula is C15H20O4. The van der Waals surface area contributed by atoms with Gasteiger partial charge in [0, 0.05) is 6.42 Å². The van der Waals surface area contributed by atoms with Gasteiger partial charge in [0.2, 0.25) is 0 Å². The number of hydrogen-bond donors (Lipinski definition) is 0. The van der Waals surface area contributed by atoms with Crippen molar-refractivity contribution in [2.75, 3.05) is 13.2 Å². The normalized spacial score (nSPS) is 10.9. The molecule has 0 aromatic heterocycles. The van der Waals surface area contributed by atoms with Crippen molar-refractivity contribution in [2.45, 2.75) is 27.2 Å². The Kier molecular flexibility index (Phi) is 5.55. The third kappa shape index (κ3) is 4.39. The van der Waals surface area contributed by atoms with Gasteiger partial charge in [0.05, 0.1) is 13.2 Å². The van der Waals surface area contributed by atoms with Crippen molar-refractivity contribution < 1.29 is 19.1 Å². The molecule has 1 aromatic carbocycles. The first-order chi connectivity index (χ1) is 8.98. The van der Waals surface area contributed by atoms with Gasteiger partial charge in [-0.2, -0.15) is 0 Å². The third-order valence-corrected chi connectivity index (χ3v) is 2.82. The van der Waals surface area contributed by atoms with E-state index in [-0.39, 0.29) is 25.4 Å². The Hall–Kier alpha value is -1.84. The molecule has 1 aromatic rings. The molecule has 19 heavy (non-hydrogen) atoms. The van der Waals surface area contributed by atoms with Gasteiger partial charge in [-0.1, -0.05) is 18.2 Å². The minimum absolute atomic E-state index is 0.179. The van der Waals surface area contributed by atoms with Crippen LogP contribution in [-0.2, 0) is 14.3 Å². The molecule has 0 radical (unpaired) electrons. The van der Waals surface area contributed by atoms with Gasteiger partial charge in [-0.3, -0.25) is 9.59 Å². The number of ether oxygens (including phenoxy) is 2. The van der Waals surface area contributed by atoms with Crippen LogP contribution < -0.4 is 4.74 Å². The third-order valence-electron chi connectivity index (χ3n) is 2.82. The summed E-state index contributed by atoms with van der Waals surface area (Å²) in [6, 6.07) is 9.25. The lowest BCUT2D eigenvalue weighted by atomic mass is 9.86. The first kappa shape index (κ1) is 15.2. The highest BCUT2D eigenvalue weighted by molar-refractivity contribution is 6.02. The molecule has 0 saturated carbocycles. The highest BCUT2D eigenvalue weighted by Crippen LogP contribution is 2.21. The average molecular weight is 264 g/mol. The fraction of sp³-hybridized carbons (Fsp3) is 0.467. The maximum absolute atomic E-state index is 12.0. The maximum Gasteiger partial charge on any atom is 0.319 e. The van der Waals surface area contributed by atoms with Crippen molar-refractivity contribution in [3.63, 3.8) is 0 Å². The summed E-state index contributed by atoms with van der Waals surface area (Å²) < 4.78 is 10.3. The Labute approximate surface area is 113 Å². The molecule has 1 rings (SSSR count). The summed E-state index contributed by atoms with van der Waals surface area (Å²) in [5.41, 5.74) is -1.12. The zero-order valence-electron chi connectivity index (χ0n) is 11.6. The van der Waals surface area contributed by atoms with Crippen molar-refractivity contribution in [3.05, 3.63) is 30.3 Å². The van der Waals surface area contributed by atoms with E-state index in [1.807, 2.05) is 30.3 Å². The summed E-state index contributed by atoms with van der Waals surface area (Å²) in [7, 11) is 0. The number of esters is 1. The van der Waals surface area contributed by atoms with Gasteiger partial charge in [0.1, 0.15) is 11.2 Å². The van der Waals surface area contributed by atoms with Crippen LogP contribution in [0, 0.1) is 5.41 Å². The average Bonchev–Trinajstić information content (AvgIpc) is 2.40. The van der Waals surface area contributed by atoms with Crippen LogP contribution in [0.3, 0.4) is 0 Å². The van der Waals surface area contributed by atoms with Gasteiger partial charge in [0.25, 0.3) is 0 Å². The SMILES string of the molecule is CCOC(=O)C(C)(C)C(=O)CCOc1ccccc1. The van der Waals surface area contributed by atoms with E-state index in [9.17, 15) is 9.59 Å². The van der Waals surface area contributed by atoms with Crippen LogP contribution in [0.1, 0.15) is 27.2 Å². The molecule has 104 valence electrons. The highest BCUT2D eigenvalue weighted by Gasteiger charge is 2.36. The second kappa shape index (κ2) is 6.92. The molecule has 0 aliphatic carbocycles. The Morgan fingerprint density at radius 3 is 2.37 bits per heavy atom. The Balaban J connectivity index is 2.44. The first-order valence-corrected chi connectivity index (χ1v) is 6.37. The van der Waals surface area contributed by atoms with Gasteiger partial charge in [0.15, 0.2) is 5.78 Å². The van der Waals surface area contributed by atoms with Crippen molar-refractivity contribution in [3.8, 4) is 5.75 Å². The van der Waals surface area contributed by atoms with Crippen LogP contribution in [0.2, 0.25) is 0 Å². The van der Waals surface area contributed by atoms with E-state index >= 15 is 0 Å². The number of carbonyl (C=O) groups excluding carboxylic acids is 2. The maximum atomic E-state index is 12.0. The fourth-order valence-corrected chi connectivity index (χ4v) is 1.52. The molecule has 0 unspecified atom stereocenters. The second-order valence-corrected chi connectivity index (χ2v) is 4.68. The summed E-state index contributed by atoms with van der Waals surface area (Å²) in [4.78, 5) is 23.6. The van der Waals surface area contributed by atoms with Crippen molar-refractivity contribution in [1.29, 1.82) is 0 Å². The van der Waals surface area contributed by atoms with Crippen LogP contribution in [0.15, 0.2) is 30.3 Å². The summed E-state index contributed by atoms with van der Waals surface area (Å²) in [5.74, 6) is 0.0471. The number of benzene rings is 1. The van der Waals surface area contributed by atoms with E-state index < -0.39 is 11.4 Å². The molecule has 4 heteroatoms. The zero-order valence-corrected chi connectivity index (χ0v) is 11.6. The molecule has 0 saturated heterocycles. The Morgan fingerprint density at radius 1 is 1.16 bits per heavy atom. The quantitative estimate of drug-likeness (QED) is 0.561. The molecule has 0 aliphatic heterocycles. The largest absolute Gasteiger partial charge is 0.493 e. The monoisotopic (exact) mass is 264 g/mol. The van der Waals surface area contributed by atoms with E-state index in [0.29, 0.717) is 5.75 Å². The fourth-order valence-electron chi connectivity index (χ4n) is 1.52. The lowest BCUT2D eigenvalue weighted by molar-refractivity contribution is -0.158. The number of rotatable bonds is 7. The molecule has 0 bridgehead atoms. The molecule has 0 N–H and O–H groups in total. The minimum Gasteiger partial charge on any atom is -0.493 e. The Bertz CT molecular complexity index is 423. The predicted molar refractivity (Wildman–Crippen MR) is 72.0 cm³/mol. The van der Waals surface area contributed by atoms with E-state index in [1.165, 1.54) is 0 Å². The van der Waals surface area contributed by atoms with Gasteiger partial charge in [-0.15, -0.1) is 0 Å². The van der Waals surface area contributed by atoms with E-state index in [1.54, 1.807) is 20.8 Å². The second-order valence-electron chi connectivity index (χ2n) is 4.68. The summed E-state index contributed by atoms with van der Waals surface area (Å²) >= 11 is 0. The smallest absolute Gasteiger partial charge is 0.319 e. The first-order valence-electron chi connectivity index (χ1n) is 6.37. The van der Waals surface area contributed by atoms with Crippen LogP contribution in [0.5, 0.6) is 5.75 Å². The number of ketones is 1. The lowest BCUT2D eigenvalue weighted by Crippen LogP contribution is -2.35. The number of para-hydroxylation sites is 1. The van der Waals surface area contributed by atoms with Crippen LogP contribution in [-0.4, -0.2) is 25.0 Å². The molecular weight excluding hydrogens is 244 g/mol. The minimum atomic E-state index is -1.12. The number of carbonyl (C=O) groups is 2. The van der Waals surface area contributed by atoms with Gasteiger partial charge >= 0.3 is 5.97 Å². The number of Topliss-reactive ketones (excluding diaryl/α,β-unsaturated/α-hetero) is 1. The van der Waals surface area contributed by atoms with Crippen LogP contribution in [0.4, 0.5) is 0 Å². The Morgan fingerprint density at radius 2 is 1.79 bits per heavy atom. The number of hydrogen-bond acceptors (Lipinski definition) is 4. The summed E-state index contributed by atoms with van der Waals surface area (Å²) in [5, 5.41) is 0. The van der Waals surface area contributed by atoms with Crippen molar-refractivity contribution >= 4 is 11.8 Å². The topological polar surface area (TPSA) is 52.6 Å². The van der Waals surface area contributed by atoms with E-state index in [4.69, 9.17) is 9.47 Å². The molecule has 0 amide bonds. The van der Waals surface area contributed by atoms with E-state index in [0.717, 1.165) is 0 Å². The summed E-state index contributed by atoms with van der Waals surface area (Å²) in [6.45, 7) is 5.41. The van der Waals surface area contributed by atoms with E-state index in [2.05, 4.69) is 0 Å². The molecule has 4 nitrogen and oxygen atoms in total. The highest BCUT2D eigenvalue weighted by atomic mass is 16.5. The van der Waals surface area contributed by atoms with Crippen LogP contribution >= 0.6 is 0 Å². The van der Waals surface area contributed by atoms with Gasteiger partial charge in [-0.25, -0.2) is 0 Å². The zero-order chi connectivity index (χ0) is 14.3.